The summed E-state index contributed by atoms with van der Waals surface area (Å²) in [6, 6.07) is 3.86. The van der Waals surface area contributed by atoms with Crippen LogP contribution in [0.1, 0.15) is 16.8 Å². The molecule has 1 heterocycles. The Morgan fingerprint density at radius 2 is 1.74 bits per heavy atom. The molecule has 1 aromatic carbocycles. The van der Waals surface area contributed by atoms with Gasteiger partial charge in [0.2, 0.25) is 0 Å². The molecule has 9 nitrogen and oxygen atoms in total. The molecule has 0 aromatic heterocycles. The Balaban J connectivity index is 2.29. The highest BCUT2D eigenvalue weighted by Crippen LogP contribution is 2.27. The molecule has 1 saturated heterocycles. The van der Waals surface area contributed by atoms with Gasteiger partial charge in [0.15, 0.2) is 0 Å². The van der Waals surface area contributed by atoms with Gasteiger partial charge in [-0.1, -0.05) is 12.1 Å². The highest BCUT2D eigenvalue weighted by atomic mass is 16.4. The number of amides is 1. The van der Waals surface area contributed by atoms with Crippen LogP contribution in [0.15, 0.2) is 24.3 Å². The van der Waals surface area contributed by atoms with Crippen molar-refractivity contribution >= 4 is 30.4 Å². The van der Waals surface area contributed by atoms with Gasteiger partial charge in [-0.05, 0) is 17.6 Å². The van der Waals surface area contributed by atoms with Gasteiger partial charge in [0.25, 0.3) is 5.91 Å². The van der Waals surface area contributed by atoms with Crippen molar-refractivity contribution in [1.29, 1.82) is 0 Å². The first kappa shape index (κ1) is 16.9. The molecule has 0 aliphatic carbocycles. The van der Waals surface area contributed by atoms with Crippen LogP contribution in [0, 0.1) is 0 Å². The summed E-state index contributed by atoms with van der Waals surface area (Å²) in [4.78, 5) is 35.8. The number of benzene rings is 1. The molecule has 2 rings (SSSR count). The molecule has 1 aliphatic rings. The highest BCUT2D eigenvalue weighted by molar-refractivity contribution is 6.58. The number of likely N-dealkylation sites (tertiary alicyclic amines) is 1. The number of aliphatic carboxylic acids is 2. The summed E-state index contributed by atoms with van der Waals surface area (Å²) in [6.07, 6.45) is -0.392. The Morgan fingerprint density at radius 3 is 2.17 bits per heavy atom. The van der Waals surface area contributed by atoms with Crippen LogP contribution in [0.2, 0.25) is 0 Å². The Morgan fingerprint density at radius 1 is 1.17 bits per heavy atom. The molecule has 1 aliphatic heterocycles. The lowest BCUT2D eigenvalue weighted by molar-refractivity contribution is -0.142. The van der Waals surface area contributed by atoms with E-state index in [0.717, 1.165) is 4.90 Å². The number of carboxylic acid groups (broad SMARTS) is 2. The van der Waals surface area contributed by atoms with Crippen LogP contribution in [-0.2, 0) is 9.59 Å². The van der Waals surface area contributed by atoms with E-state index in [1.54, 1.807) is 0 Å². The maximum Gasteiger partial charge on any atom is 0.488 e. The number of nitrogens with two attached hydrogens (primary N) is 1. The van der Waals surface area contributed by atoms with Crippen LogP contribution in [0.4, 0.5) is 0 Å². The zero-order valence-corrected chi connectivity index (χ0v) is 11.9. The molecule has 0 bridgehead atoms. The van der Waals surface area contributed by atoms with Crippen molar-refractivity contribution in [2.24, 2.45) is 5.73 Å². The van der Waals surface area contributed by atoms with E-state index in [-0.39, 0.29) is 11.0 Å². The number of nitrogens with zero attached hydrogens (tertiary/aromatic N) is 1. The van der Waals surface area contributed by atoms with E-state index < -0.39 is 49.5 Å². The zero-order chi connectivity index (χ0) is 17.4. The topological polar surface area (TPSA) is 161 Å². The monoisotopic (exact) mass is 322 g/mol. The maximum atomic E-state index is 12.4. The van der Waals surface area contributed by atoms with Crippen LogP contribution in [0.25, 0.3) is 0 Å². The lowest BCUT2D eigenvalue weighted by Crippen LogP contribution is -2.50. The van der Waals surface area contributed by atoms with Crippen LogP contribution < -0.4 is 11.2 Å². The summed E-state index contributed by atoms with van der Waals surface area (Å²) >= 11 is 0. The van der Waals surface area contributed by atoms with E-state index in [9.17, 15) is 19.5 Å². The molecule has 0 radical (unpaired) electrons. The minimum absolute atomic E-state index is 0.0929. The van der Waals surface area contributed by atoms with Crippen molar-refractivity contribution in [3.63, 3.8) is 0 Å². The molecule has 122 valence electrons. The normalized spacial score (nSPS) is 23.6. The number of carbonyl (C=O) groups excluding carboxylic acids is 1. The number of carbonyl (C=O) groups is 3. The smallest absolute Gasteiger partial charge is 0.480 e. The van der Waals surface area contributed by atoms with Gasteiger partial charge in [-0.25, -0.2) is 4.79 Å². The summed E-state index contributed by atoms with van der Waals surface area (Å²) < 4.78 is 0. The van der Waals surface area contributed by atoms with Gasteiger partial charge in [0, 0.05) is 12.0 Å². The van der Waals surface area contributed by atoms with Gasteiger partial charge in [0.05, 0.1) is 6.54 Å². The van der Waals surface area contributed by atoms with E-state index in [2.05, 4.69) is 0 Å². The molecule has 6 N–H and O–H groups in total. The fraction of sp³-hybridized carbons (Fsp3) is 0.308. The molecular formula is C13H15BN2O7. The van der Waals surface area contributed by atoms with E-state index >= 15 is 0 Å². The molecule has 0 saturated carbocycles. The van der Waals surface area contributed by atoms with Crippen LogP contribution in [0.3, 0.4) is 0 Å². The van der Waals surface area contributed by atoms with Crippen molar-refractivity contribution in [3.05, 3.63) is 29.8 Å². The first-order valence-electron chi connectivity index (χ1n) is 6.68. The molecule has 0 unspecified atom stereocenters. The summed E-state index contributed by atoms with van der Waals surface area (Å²) in [7, 11) is -1.69. The second-order valence-corrected chi connectivity index (χ2v) is 5.45. The fourth-order valence-electron chi connectivity index (χ4n) is 2.49. The third-order valence-electron chi connectivity index (χ3n) is 3.81. The van der Waals surface area contributed by atoms with Crippen LogP contribution in [-0.4, -0.2) is 68.3 Å². The largest absolute Gasteiger partial charge is 0.488 e. The lowest BCUT2D eigenvalue weighted by Gasteiger charge is -2.22. The molecular weight excluding hydrogens is 307 g/mol. The first-order valence-corrected chi connectivity index (χ1v) is 6.68. The molecule has 1 fully saturated rings. The molecule has 10 heteroatoms. The molecule has 2 atom stereocenters. The van der Waals surface area contributed by atoms with Crippen molar-refractivity contribution in [2.75, 3.05) is 6.54 Å². The minimum atomic E-state index is -1.82. The lowest BCUT2D eigenvalue weighted by atomic mass is 9.80. The van der Waals surface area contributed by atoms with Crippen LogP contribution >= 0.6 is 0 Å². The molecule has 1 amide bonds. The predicted molar refractivity (Wildman–Crippen MR) is 77.9 cm³/mol. The van der Waals surface area contributed by atoms with E-state index in [1.165, 1.54) is 24.3 Å². The van der Waals surface area contributed by atoms with Gasteiger partial charge in [0.1, 0.15) is 11.6 Å². The summed E-state index contributed by atoms with van der Waals surface area (Å²) in [5.41, 5.74) is 4.11. The van der Waals surface area contributed by atoms with E-state index in [1.807, 2.05) is 0 Å². The number of hydrogen-bond donors (Lipinski definition) is 5. The standard InChI is InChI=1S/C13H15BN2O7/c15-13(12(20)21)5-9(11(18)19)16(6-13)10(17)7-1-3-8(4-2-7)14(22)23/h1-4,9,22-23H,5-6,15H2,(H,18,19)(H,20,21)/t9-,13+/m1/s1. The number of hydrogen-bond acceptors (Lipinski definition) is 6. The predicted octanol–water partition coefficient (Wildman–Crippen LogP) is -2.55. The summed E-state index contributed by atoms with van der Waals surface area (Å²) in [6.45, 7) is -0.428. The number of rotatable bonds is 4. The van der Waals surface area contributed by atoms with E-state index in [4.69, 9.17) is 20.9 Å². The van der Waals surface area contributed by atoms with Gasteiger partial charge < -0.3 is 30.9 Å². The van der Waals surface area contributed by atoms with Crippen molar-refractivity contribution in [1.82, 2.24) is 4.90 Å². The average Bonchev–Trinajstić information content (AvgIpc) is 2.86. The first-order chi connectivity index (χ1) is 10.7. The quantitative estimate of drug-likeness (QED) is 0.378. The second kappa shape index (κ2) is 5.99. The minimum Gasteiger partial charge on any atom is -0.480 e. The Labute approximate surface area is 131 Å². The van der Waals surface area contributed by atoms with Crippen LogP contribution in [0.5, 0.6) is 0 Å². The maximum absolute atomic E-state index is 12.4. The summed E-state index contributed by atoms with van der Waals surface area (Å²) in [5, 5.41) is 36.3. The second-order valence-electron chi connectivity index (χ2n) is 5.45. The van der Waals surface area contributed by atoms with Gasteiger partial charge in [-0.15, -0.1) is 0 Å². The third-order valence-corrected chi connectivity index (χ3v) is 3.81. The van der Waals surface area contributed by atoms with Gasteiger partial charge in [-0.3, -0.25) is 9.59 Å². The van der Waals surface area contributed by atoms with Crippen molar-refractivity contribution in [3.8, 4) is 0 Å². The van der Waals surface area contributed by atoms with Crippen molar-refractivity contribution in [2.45, 2.75) is 18.0 Å². The number of carboxylic acids is 2. The average molecular weight is 322 g/mol. The summed E-state index contributed by atoms with van der Waals surface area (Å²) in [5.74, 6) is -3.41. The molecule has 23 heavy (non-hydrogen) atoms. The third kappa shape index (κ3) is 3.18. The Kier molecular flexibility index (Phi) is 4.41. The Hall–Kier alpha value is -2.43. The SMILES string of the molecule is N[C@@]1(C(=O)O)C[C@H](C(=O)O)N(C(=O)c2ccc(B(O)O)cc2)C1. The van der Waals surface area contributed by atoms with Gasteiger partial charge in [-0.2, -0.15) is 0 Å². The molecule has 0 spiro atoms. The highest BCUT2D eigenvalue weighted by Gasteiger charge is 2.51. The molecule has 1 aromatic rings. The zero-order valence-electron chi connectivity index (χ0n) is 11.9. The van der Waals surface area contributed by atoms with Gasteiger partial charge >= 0.3 is 19.1 Å². The van der Waals surface area contributed by atoms with Crippen molar-refractivity contribution < 1.29 is 34.6 Å². The Bertz CT molecular complexity index is 648. The van der Waals surface area contributed by atoms with E-state index in [0.29, 0.717) is 0 Å². The fourth-order valence-corrected chi connectivity index (χ4v) is 2.49.